The molecule has 0 saturated carbocycles. The minimum Gasteiger partial charge on any atom is -0.396 e. The van der Waals surface area contributed by atoms with Gasteiger partial charge >= 0.3 is 0 Å². The monoisotopic (exact) mass is 87.1 g/mol. The summed E-state index contributed by atoms with van der Waals surface area (Å²) in [7, 11) is 0. The first-order valence-electron chi connectivity index (χ1n) is 1.92. The van der Waals surface area contributed by atoms with Crippen LogP contribution >= 0.6 is 0 Å². The van der Waals surface area contributed by atoms with Crippen LogP contribution in [0.2, 0.25) is 0 Å². The Balaban J connectivity index is 2.96. The molecule has 1 unspecified atom stereocenters. The van der Waals surface area contributed by atoms with E-state index >= 15 is 0 Å². The molecule has 0 bridgehead atoms. The van der Waals surface area contributed by atoms with Crippen LogP contribution in [-0.2, 0) is 0 Å². The summed E-state index contributed by atoms with van der Waals surface area (Å²) in [6.07, 6.45) is 1.22. The summed E-state index contributed by atoms with van der Waals surface area (Å²) in [5.74, 6) is 0.0324. The van der Waals surface area contributed by atoms with Gasteiger partial charge in [-0.15, -0.1) is 0 Å². The highest BCUT2D eigenvalue weighted by atomic mass is 16.3. The first-order chi connectivity index (χ1) is 2.81. The maximum atomic E-state index is 8.18. The maximum Gasteiger partial charge on any atom is 0.0505 e. The Kier molecular flexibility index (Phi) is 2.67. The number of hydrogen-bond donors (Lipinski definition) is 2. The van der Waals surface area contributed by atoms with E-state index < -0.39 is 0 Å². The van der Waals surface area contributed by atoms with Gasteiger partial charge in [0.1, 0.15) is 0 Å². The van der Waals surface area contributed by atoms with Crippen LogP contribution in [0.3, 0.4) is 0 Å². The molecule has 0 aliphatic rings. The molecule has 1 atom stereocenters. The number of nitrogens with one attached hydrogen (secondary N) is 1. The summed E-state index contributed by atoms with van der Waals surface area (Å²) in [6.45, 7) is 1.87. The SMILES string of the molecule is CC(C=N)CO. The highest BCUT2D eigenvalue weighted by Crippen LogP contribution is 1.81. The smallest absolute Gasteiger partial charge is 0.0505 e. The third-order valence-corrected chi connectivity index (χ3v) is 0.573. The summed E-state index contributed by atoms with van der Waals surface area (Å²) in [4.78, 5) is 0. The van der Waals surface area contributed by atoms with Gasteiger partial charge in [0.2, 0.25) is 0 Å². The fourth-order valence-electron chi connectivity index (χ4n) is 0.0527. The van der Waals surface area contributed by atoms with Crippen molar-refractivity contribution in [2.24, 2.45) is 5.92 Å². The fraction of sp³-hybridized carbons (Fsp3) is 0.750. The number of aliphatic hydroxyl groups is 1. The van der Waals surface area contributed by atoms with Crippen LogP contribution in [0.5, 0.6) is 0 Å². The van der Waals surface area contributed by atoms with Crippen LogP contribution in [0.1, 0.15) is 6.92 Å². The van der Waals surface area contributed by atoms with Crippen molar-refractivity contribution in [3.63, 3.8) is 0 Å². The number of aliphatic hydroxyl groups excluding tert-OH is 1. The first kappa shape index (κ1) is 5.63. The highest BCUT2D eigenvalue weighted by molar-refractivity contribution is 5.55. The molecule has 0 fully saturated rings. The van der Waals surface area contributed by atoms with E-state index in [2.05, 4.69) is 0 Å². The van der Waals surface area contributed by atoms with Gasteiger partial charge < -0.3 is 10.5 Å². The first-order valence-corrected chi connectivity index (χ1v) is 1.92. The van der Waals surface area contributed by atoms with E-state index in [-0.39, 0.29) is 12.5 Å². The molecule has 36 valence electrons. The average Bonchev–Trinajstić information content (AvgIpc) is 1.65. The summed E-state index contributed by atoms with van der Waals surface area (Å²) < 4.78 is 0. The Morgan fingerprint density at radius 2 is 2.50 bits per heavy atom. The molecule has 2 nitrogen and oxygen atoms in total. The van der Waals surface area contributed by atoms with E-state index in [0.29, 0.717) is 0 Å². The molecular formula is C4H9NO. The van der Waals surface area contributed by atoms with Crippen LogP contribution in [0.15, 0.2) is 0 Å². The van der Waals surface area contributed by atoms with E-state index in [1.54, 1.807) is 6.92 Å². The predicted molar refractivity (Wildman–Crippen MR) is 25.0 cm³/mol. The summed E-state index contributed by atoms with van der Waals surface area (Å²) in [6, 6.07) is 0. The Hall–Kier alpha value is -0.370. The molecule has 0 saturated heterocycles. The van der Waals surface area contributed by atoms with Gasteiger partial charge in [-0.1, -0.05) is 6.92 Å². The van der Waals surface area contributed by atoms with Gasteiger partial charge in [0.25, 0.3) is 0 Å². The van der Waals surface area contributed by atoms with Crippen LogP contribution in [0, 0.1) is 11.3 Å². The lowest BCUT2D eigenvalue weighted by Crippen LogP contribution is -1.99. The molecule has 6 heavy (non-hydrogen) atoms. The molecule has 0 aromatic carbocycles. The normalized spacial score (nSPS) is 13.7. The Bertz CT molecular complexity index is 44.8. The van der Waals surface area contributed by atoms with Gasteiger partial charge in [0.05, 0.1) is 6.61 Å². The van der Waals surface area contributed by atoms with Gasteiger partial charge in [-0.2, -0.15) is 0 Å². The minimum atomic E-state index is 0.0324. The molecule has 0 aliphatic carbocycles. The summed E-state index contributed by atoms with van der Waals surface area (Å²) >= 11 is 0. The average molecular weight is 87.1 g/mol. The van der Waals surface area contributed by atoms with Crippen molar-refractivity contribution < 1.29 is 5.11 Å². The highest BCUT2D eigenvalue weighted by Gasteiger charge is 1.87. The van der Waals surface area contributed by atoms with Crippen molar-refractivity contribution in [2.45, 2.75) is 6.92 Å². The van der Waals surface area contributed by atoms with Crippen LogP contribution in [0.4, 0.5) is 0 Å². The van der Waals surface area contributed by atoms with Gasteiger partial charge in [0, 0.05) is 12.1 Å². The predicted octanol–water partition coefficient (Wildman–Crippen LogP) is 0.264. The van der Waals surface area contributed by atoms with Gasteiger partial charge in [-0.25, -0.2) is 0 Å². The quantitative estimate of drug-likeness (QED) is 0.466. The second kappa shape index (κ2) is 2.85. The van der Waals surface area contributed by atoms with Crippen molar-refractivity contribution in [2.75, 3.05) is 6.61 Å². The van der Waals surface area contributed by atoms with E-state index in [4.69, 9.17) is 10.5 Å². The van der Waals surface area contributed by atoms with Gasteiger partial charge in [0.15, 0.2) is 0 Å². The lowest BCUT2D eigenvalue weighted by Gasteiger charge is -1.91. The van der Waals surface area contributed by atoms with Crippen molar-refractivity contribution >= 4 is 6.21 Å². The topological polar surface area (TPSA) is 44.1 Å². The van der Waals surface area contributed by atoms with Crippen molar-refractivity contribution in [1.29, 1.82) is 5.41 Å². The molecule has 2 heteroatoms. The number of rotatable bonds is 2. The standard InChI is InChI=1S/C4H9NO/c1-4(2-5)3-6/h2,4-6H,3H2,1H3. The fourth-order valence-corrected chi connectivity index (χ4v) is 0.0527. The lowest BCUT2D eigenvalue weighted by atomic mass is 10.2. The van der Waals surface area contributed by atoms with Gasteiger partial charge in [-0.3, -0.25) is 0 Å². The molecule has 0 aromatic rings. The zero-order chi connectivity index (χ0) is 4.99. The molecule has 0 spiro atoms. The molecular weight excluding hydrogens is 78.0 g/mol. The third-order valence-electron chi connectivity index (χ3n) is 0.573. The van der Waals surface area contributed by atoms with Crippen molar-refractivity contribution in [3.8, 4) is 0 Å². The minimum absolute atomic E-state index is 0.0324. The zero-order valence-corrected chi connectivity index (χ0v) is 3.81. The van der Waals surface area contributed by atoms with Gasteiger partial charge in [-0.05, 0) is 0 Å². The summed E-state index contributed by atoms with van der Waals surface area (Å²) in [5, 5.41) is 14.7. The summed E-state index contributed by atoms with van der Waals surface area (Å²) in [5.41, 5.74) is 0. The van der Waals surface area contributed by atoms with Crippen LogP contribution < -0.4 is 0 Å². The molecule has 2 N–H and O–H groups in total. The second-order valence-corrected chi connectivity index (χ2v) is 1.33. The lowest BCUT2D eigenvalue weighted by molar-refractivity contribution is 0.271. The maximum absolute atomic E-state index is 8.18. The molecule has 0 aromatic heterocycles. The molecule has 0 radical (unpaired) electrons. The molecule has 0 aliphatic heterocycles. The van der Waals surface area contributed by atoms with E-state index in [1.807, 2.05) is 0 Å². The van der Waals surface area contributed by atoms with Crippen molar-refractivity contribution in [3.05, 3.63) is 0 Å². The Labute approximate surface area is 37.3 Å². The molecule has 0 heterocycles. The molecule has 0 amide bonds. The van der Waals surface area contributed by atoms with E-state index in [9.17, 15) is 0 Å². The Morgan fingerprint density at radius 3 is 2.50 bits per heavy atom. The third kappa shape index (κ3) is 1.91. The Morgan fingerprint density at radius 1 is 2.00 bits per heavy atom. The number of hydrogen-bond acceptors (Lipinski definition) is 2. The van der Waals surface area contributed by atoms with Crippen molar-refractivity contribution in [1.82, 2.24) is 0 Å². The van der Waals surface area contributed by atoms with E-state index in [1.165, 1.54) is 6.21 Å². The van der Waals surface area contributed by atoms with E-state index in [0.717, 1.165) is 0 Å². The second-order valence-electron chi connectivity index (χ2n) is 1.33. The van der Waals surface area contributed by atoms with Crippen LogP contribution in [-0.4, -0.2) is 17.9 Å². The molecule has 0 rings (SSSR count). The largest absolute Gasteiger partial charge is 0.396 e. The zero-order valence-electron chi connectivity index (χ0n) is 3.81. The van der Waals surface area contributed by atoms with Crippen LogP contribution in [0.25, 0.3) is 0 Å².